The minimum Gasteiger partial charge on any atom is -0.481 e. The fourth-order valence-corrected chi connectivity index (χ4v) is 2.27. The lowest BCUT2D eigenvalue weighted by atomic mass is 10.1. The number of carboxylic acids is 1. The molecule has 0 unspecified atom stereocenters. The summed E-state index contributed by atoms with van der Waals surface area (Å²) in [7, 11) is 0. The van der Waals surface area contributed by atoms with Crippen LogP contribution in [0.3, 0.4) is 0 Å². The van der Waals surface area contributed by atoms with Gasteiger partial charge in [-0.25, -0.2) is 4.79 Å². The van der Waals surface area contributed by atoms with E-state index >= 15 is 0 Å². The number of ether oxygens (including phenoxy) is 1. The number of nitrogens with one attached hydrogen (secondary N) is 1. The molecule has 0 aromatic heterocycles. The predicted molar refractivity (Wildman–Crippen MR) is 96.2 cm³/mol. The van der Waals surface area contributed by atoms with Crippen molar-refractivity contribution in [2.24, 2.45) is 0 Å². The molecule has 2 aromatic carbocycles. The first-order valence-corrected chi connectivity index (χ1v) is 7.92. The van der Waals surface area contributed by atoms with Crippen LogP contribution in [0, 0.1) is 11.3 Å². The molecule has 0 aliphatic carbocycles. The second-order valence-corrected chi connectivity index (χ2v) is 5.50. The molecule has 0 saturated carbocycles. The lowest BCUT2D eigenvalue weighted by Crippen LogP contribution is -2.27. The Labute approximate surface area is 151 Å². The van der Waals surface area contributed by atoms with Crippen molar-refractivity contribution in [3.8, 4) is 11.8 Å². The molecule has 0 fully saturated rings. The van der Waals surface area contributed by atoms with E-state index in [0.717, 1.165) is 5.56 Å². The maximum atomic E-state index is 12.4. The van der Waals surface area contributed by atoms with E-state index in [2.05, 4.69) is 5.32 Å². The molecule has 132 valence electrons. The number of hydrogen-bond acceptors (Lipinski definition) is 4. The molecule has 0 aliphatic rings. The number of carboxylic acid groups (broad SMARTS) is 1. The third kappa shape index (κ3) is 5.21. The Bertz CT molecular complexity index is 854. The first-order valence-electron chi connectivity index (χ1n) is 7.92. The third-order valence-electron chi connectivity index (χ3n) is 3.58. The molecule has 0 heterocycles. The van der Waals surface area contributed by atoms with Crippen LogP contribution >= 0.6 is 0 Å². The van der Waals surface area contributed by atoms with Crippen LogP contribution in [0.5, 0.6) is 5.75 Å². The number of para-hydroxylation sites is 1. The zero-order valence-electron chi connectivity index (χ0n) is 14.2. The van der Waals surface area contributed by atoms with Gasteiger partial charge in [0.1, 0.15) is 17.4 Å². The fourth-order valence-electron chi connectivity index (χ4n) is 2.27. The molecule has 1 amide bonds. The maximum Gasteiger partial charge on any atom is 0.341 e. The first kappa shape index (κ1) is 18.7. The van der Waals surface area contributed by atoms with Crippen molar-refractivity contribution in [3.63, 3.8) is 0 Å². The summed E-state index contributed by atoms with van der Waals surface area (Å²) in [5, 5.41) is 20.8. The minimum absolute atomic E-state index is 0.0980. The lowest BCUT2D eigenvalue weighted by molar-refractivity contribution is -0.139. The van der Waals surface area contributed by atoms with Crippen molar-refractivity contribution in [1.82, 2.24) is 5.32 Å². The Hall–Kier alpha value is -3.59. The maximum absolute atomic E-state index is 12.4. The summed E-state index contributed by atoms with van der Waals surface area (Å²) in [5.41, 5.74) is 1.27. The highest BCUT2D eigenvalue weighted by Gasteiger charge is 2.14. The summed E-state index contributed by atoms with van der Waals surface area (Å²) in [6, 6.07) is 17.6. The van der Waals surface area contributed by atoms with Crippen LogP contribution in [0.15, 0.2) is 60.2 Å². The van der Waals surface area contributed by atoms with Gasteiger partial charge in [-0.1, -0.05) is 48.5 Å². The third-order valence-corrected chi connectivity index (χ3v) is 3.58. The van der Waals surface area contributed by atoms with Crippen LogP contribution < -0.4 is 10.1 Å². The van der Waals surface area contributed by atoms with Crippen LogP contribution in [0.2, 0.25) is 0 Å². The number of benzene rings is 2. The standard InChI is InChI=1S/C20H18N2O4/c1-14(15-7-3-2-4-8-15)22-20(25)17(12-21)11-16-9-5-6-10-18(16)26-13-19(23)24/h2-11,14H,13H2,1H3,(H,22,25)(H,23,24)/b17-11+/t14-/m0/s1. The monoisotopic (exact) mass is 350 g/mol. The molecule has 6 nitrogen and oxygen atoms in total. The van der Waals surface area contributed by atoms with Crippen molar-refractivity contribution in [2.75, 3.05) is 6.61 Å². The SMILES string of the molecule is C[C@H](NC(=O)/C(C#N)=C/c1ccccc1OCC(=O)O)c1ccccc1. The molecule has 2 N–H and O–H groups in total. The van der Waals surface area contributed by atoms with Crippen molar-refractivity contribution >= 4 is 18.0 Å². The van der Waals surface area contributed by atoms with Crippen LogP contribution in [0.1, 0.15) is 24.1 Å². The van der Waals surface area contributed by atoms with Gasteiger partial charge in [-0.05, 0) is 24.6 Å². The number of carbonyl (C=O) groups excluding carboxylic acids is 1. The summed E-state index contributed by atoms with van der Waals surface area (Å²) in [5.74, 6) is -1.35. The molecule has 0 saturated heterocycles. The quantitative estimate of drug-likeness (QED) is 0.591. The van der Waals surface area contributed by atoms with E-state index < -0.39 is 18.5 Å². The highest BCUT2D eigenvalue weighted by molar-refractivity contribution is 6.02. The minimum atomic E-state index is -1.11. The Morgan fingerprint density at radius 1 is 1.19 bits per heavy atom. The zero-order valence-corrected chi connectivity index (χ0v) is 14.2. The van der Waals surface area contributed by atoms with Gasteiger partial charge in [0.2, 0.25) is 0 Å². The normalized spacial score (nSPS) is 11.9. The number of amides is 1. The molecule has 2 rings (SSSR count). The molecule has 26 heavy (non-hydrogen) atoms. The molecule has 0 aliphatic heterocycles. The average Bonchev–Trinajstić information content (AvgIpc) is 2.65. The van der Waals surface area contributed by atoms with E-state index in [9.17, 15) is 14.9 Å². The summed E-state index contributed by atoms with van der Waals surface area (Å²) >= 11 is 0. The van der Waals surface area contributed by atoms with Gasteiger partial charge in [-0.3, -0.25) is 4.79 Å². The first-order chi connectivity index (χ1) is 12.5. The van der Waals surface area contributed by atoms with Crippen LogP contribution in [-0.2, 0) is 9.59 Å². The molecule has 6 heteroatoms. The van der Waals surface area contributed by atoms with Gasteiger partial charge in [0.15, 0.2) is 6.61 Å². The second kappa shape index (κ2) is 9.04. The summed E-state index contributed by atoms with van der Waals surface area (Å²) in [6.45, 7) is 1.32. The van der Waals surface area contributed by atoms with Gasteiger partial charge >= 0.3 is 5.97 Å². The fraction of sp³-hybridized carbons (Fsp3) is 0.150. The van der Waals surface area contributed by atoms with Crippen molar-refractivity contribution < 1.29 is 19.4 Å². The molecular formula is C20H18N2O4. The van der Waals surface area contributed by atoms with E-state index in [4.69, 9.17) is 9.84 Å². The van der Waals surface area contributed by atoms with E-state index in [1.807, 2.05) is 43.3 Å². The largest absolute Gasteiger partial charge is 0.481 e. The Kier molecular flexibility index (Phi) is 6.52. The Balaban J connectivity index is 2.18. The Morgan fingerprint density at radius 2 is 1.85 bits per heavy atom. The number of nitriles is 1. The number of carbonyl (C=O) groups is 2. The molecule has 1 atom stereocenters. The van der Waals surface area contributed by atoms with Gasteiger partial charge in [-0.2, -0.15) is 5.26 Å². The van der Waals surface area contributed by atoms with Crippen LogP contribution in [0.4, 0.5) is 0 Å². The van der Waals surface area contributed by atoms with Gasteiger partial charge in [0.05, 0.1) is 6.04 Å². The summed E-state index contributed by atoms with van der Waals surface area (Å²) in [4.78, 5) is 23.1. The molecule has 0 radical (unpaired) electrons. The van der Waals surface area contributed by atoms with Gasteiger partial charge in [0.25, 0.3) is 5.91 Å². The van der Waals surface area contributed by atoms with Crippen molar-refractivity contribution in [1.29, 1.82) is 5.26 Å². The van der Waals surface area contributed by atoms with E-state index in [1.165, 1.54) is 6.08 Å². The predicted octanol–water partition coefficient (Wildman–Crippen LogP) is 2.93. The lowest BCUT2D eigenvalue weighted by Gasteiger charge is -2.14. The van der Waals surface area contributed by atoms with Crippen molar-refractivity contribution in [2.45, 2.75) is 13.0 Å². The molecule has 0 spiro atoms. The zero-order chi connectivity index (χ0) is 18.9. The van der Waals surface area contributed by atoms with Gasteiger partial charge < -0.3 is 15.2 Å². The highest BCUT2D eigenvalue weighted by Crippen LogP contribution is 2.21. The van der Waals surface area contributed by atoms with Crippen molar-refractivity contribution in [3.05, 3.63) is 71.3 Å². The Morgan fingerprint density at radius 3 is 2.50 bits per heavy atom. The van der Waals surface area contributed by atoms with Gasteiger partial charge in [-0.15, -0.1) is 0 Å². The number of nitrogens with zero attached hydrogens (tertiary/aromatic N) is 1. The second-order valence-electron chi connectivity index (χ2n) is 5.50. The molecular weight excluding hydrogens is 332 g/mol. The van der Waals surface area contributed by atoms with Gasteiger partial charge in [0, 0.05) is 5.56 Å². The number of rotatable bonds is 7. The van der Waals surface area contributed by atoms with E-state index in [-0.39, 0.29) is 17.4 Å². The van der Waals surface area contributed by atoms with Crippen LogP contribution in [0.25, 0.3) is 6.08 Å². The summed E-state index contributed by atoms with van der Waals surface area (Å²) in [6.07, 6.45) is 1.38. The van der Waals surface area contributed by atoms with Crippen LogP contribution in [-0.4, -0.2) is 23.6 Å². The molecule has 0 bridgehead atoms. The highest BCUT2D eigenvalue weighted by atomic mass is 16.5. The number of hydrogen-bond donors (Lipinski definition) is 2. The average molecular weight is 350 g/mol. The van der Waals surface area contributed by atoms with E-state index in [1.54, 1.807) is 24.3 Å². The topological polar surface area (TPSA) is 99.4 Å². The summed E-state index contributed by atoms with van der Waals surface area (Å²) < 4.78 is 5.19. The van der Waals surface area contributed by atoms with E-state index in [0.29, 0.717) is 5.56 Å². The number of aliphatic carboxylic acids is 1. The smallest absolute Gasteiger partial charge is 0.341 e. The molecule has 2 aromatic rings.